The maximum absolute atomic E-state index is 6.22. The van der Waals surface area contributed by atoms with Crippen LogP contribution in [0.3, 0.4) is 0 Å². The Hall–Kier alpha value is -2.19. The van der Waals surface area contributed by atoms with E-state index >= 15 is 0 Å². The average Bonchev–Trinajstić information content (AvgIpc) is 2.61. The molecule has 1 unspecified atom stereocenters. The molecular formula is C17H23N5O2S. The number of nitrogens with two attached hydrogens (primary N) is 1. The zero-order valence-corrected chi connectivity index (χ0v) is 15.2. The van der Waals surface area contributed by atoms with Crippen molar-refractivity contribution in [3.05, 3.63) is 18.5 Å². The number of hydrogen-bond acceptors (Lipinski definition) is 6. The molecule has 3 rings (SSSR count). The lowest BCUT2D eigenvalue weighted by atomic mass is 9.93. The zero-order chi connectivity index (χ0) is 17.8. The Bertz CT molecular complexity index is 764. The molecule has 1 aliphatic rings. The van der Waals surface area contributed by atoms with Gasteiger partial charge in [0.1, 0.15) is 12.1 Å². The number of aromatic nitrogens is 2. The van der Waals surface area contributed by atoms with Gasteiger partial charge >= 0.3 is 0 Å². The molecule has 4 N–H and O–H groups in total. The highest BCUT2D eigenvalue weighted by atomic mass is 32.1. The molecule has 0 amide bonds. The van der Waals surface area contributed by atoms with Gasteiger partial charge in [-0.15, -0.1) is 0 Å². The van der Waals surface area contributed by atoms with E-state index in [-0.39, 0.29) is 11.2 Å². The van der Waals surface area contributed by atoms with Crippen LogP contribution in [0.4, 0.5) is 5.82 Å². The SMILES string of the molecule is COc1cc2c(NC(N)=S)ncnc2cc1OC(C)C1CCNCC1. The van der Waals surface area contributed by atoms with Gasteiger partial charge in [0, 0.05) is 11.5 Å². The van der Waals surface area contributed by atoms with Crippen molar-refractivity contribution >= 4 is 34.1 Å². The molecule has 1 atom stereocenters. The second-order valence-corrected chi connectivity index (χ2v) is 6.58. The van der Waals surface area contributed by atoms with E-state index in [1.807, 2.05) is 12.1 Å². The monoisotopic (exact) mass is 361 g/mol. The minimum absolute atomic E-state index is 0.101. The molecule has 2 heterocycles. The van der Waals surface area contributed by atoms with E-state index in [9.17, 15) is 0 Å². The molecule has 134 valence electrons. The molecule has 1 aliphatic heterocycles. The minimum atomic E-state index is 0.101. The van der Waals surface area contributed by atoms with Crippen LogP contribution >= 0.6 is 12.2 Å². The summed E-state index contributed by atoms with van der Waals surface area (Å²) in [4.78, 5) is 8.52. The Morgan fingerprint density at radius 3 is 2.76 bits per heavy atom. The summed E-state index contributed by atoms with van der Waals surface area (Å²) in [6, 6.07) is 3.72. The van der Waals surface area contributed by atoms with Crippen molar-refractivity contribution in [1.82, 2.24) is 15.3 Å². The Kier molecular flexibility index (Phi) is 5.50. The topological polar surface area (TPSA) is 94.3 Å². The van der Waals surface area contributed by atoms with Gasteiger partial charge < -0.3 is 25.8 Å². The van der Waals surface area contributed by atoms with Crippen LogP contribution < -0.4 is 25.8 Å². The van der Waals surface area contributed by atoms with E-state index in [0.717, 1.165) is 36.8 Å². The largest absolute Gasteiger partial charge is 0.493 e. The molecule has 0 spiro atoms. The number of fused-ring (bicyclic) bond motifs is 1. The van der Waals surface area contributed by atoms with Crippen LogP contribution in [0.1, 0.15) is 19.8 Å². The lowest BCUT2D eigenvalue weighted by Crippen LogP contribution is -2.35. The number of anilines is 1. The third-order valence-electron chi connectivity index (χ3n) is 4.52. The molecule has 1 saturated heterocycles. The van der Waals surface area contributed by atoms with E-state index in [4.69, 9.17) is 27.4 Å². The van der Waals surface area contributed by atoms with E-state index in [0.29, 0.717) is 23.2 Å². The van der Waals surface area contributed by atoms with Crippen molar-refractivity contribution < 1.29 is 9.47 Å². The molecule has 25 heavy (non-hydrogen) atoms. The van der Waals surface area contributed by atoms with Crippen LogP contribution in [0.25, 0.3) is 10.9 Å². The normalized spacial score (nSPS) is 16.4. The summed E-state index contributed by atoms with van der Waals surface area (Å²) >= 11 is 4.90. The van der Waals surface area contributed by atoms with Crippen molar-refractivity contribution in [2.24, 2.45) is 11.7 Å². The number of hydrogen-bond donors (Lipinski definition) is 3. The highest BCUT2D eigenvalue weighted by Crippen LogP contribution is 2.35. The number of nitrogens with zero attached hydrogens (tertiary/aromatic N) is 2. The fourth-order valence-electron chi connectivity index (χ4n) is 3.14. The lowest BCUT2D eigenvalue weighted by Gasteiger charge is -2.29. The van der Waals surface area contributed by atoms with Crippen molar-refractivity contribution in [1.29, 1.82) is 0 Å². The molecule has 7 nitrogen and oxygen atoms in total. The molecular weight excluding hydrogens is 338 g/mol. The van der Waals surface area contributed by atoms with Gasteiger partial charge in [-0.3, -0.25) is 0 Å². The number of benzene rings is 1. The number of nitrogens with one attached hydrogen (secondary N) is 2. The summed E-state index contributed by atoms with van der Waals surface area (Å²) in [6.07, 6.45) is 3.79. The lowest BCUT2D eigenvalue weighted by molar-refractivity contribution is 0.124. The maximum atomic E-state index is 6.22. The van der Waals surface area contributed by atoms with Crippen LogP contribution in [-0.4, -0.2) is 41.4 Å². The Balaban J connectivity index is 1.91. The molecule has 1 aromatic carbocycles. The average molecular weight is 361 g/mol. The second-order valence-electron chi connectivity index (χ2n) is 6.14. The minimum Gasteiger partial charge on any atom is -0.493 e. The summed E-state index contributed by atoms with van der Waals surface area (Å²) in [5.74, 6) is 2.39. The Morgan fingerprint density at radius 1 is 1.32 bits per heavy atom. The van der Waals surface area contributed by atoms with Crippen LogP contribution in [0.2, 0.25) is 0 Å². The Morgan fingerprint density at radius 2 is 2.08 bits per heavy atom. The van der Waals surface area contributed by atoms with E-state index < -0.39 is 0 Å². The standard InChI is InChI=1S/C17H23N5O2S/c1-10(11-3-5-19-6-4-11)24-15-8-13-12(7-14(15)23-2)16(21-9-20-13)22-17(18)25/h7-11,19H,3-6H2,1-2H3,(H3,18,20,21,22,25). The molecule has 8 heteroatoms. The van der Waals surface area contributed by atoms with Crippen molar-refractivity contribution in [2.45, 2.75) is 25.9 Å². The van der Waals surface area contributed by atoms with E-state index in [1.165, 1.54) is 6.33 Å². The van der Waals surface area contributed by atoms with Crippen LogP contribution in [0.15, 0.2) is 18.5 Å². The van der Waals surface area contributed by atoms with Crippen molar-refractivity contribution in [3.63, 3.8) is 0 Å². The summed E-state index contributed by atoms with van der Waals surface area (Å²) in [6.45, 7) is 4.18. The third kappa shape index (κ3) is 4.08. The summed E-state index contributed by atoms with van der Waals surface area (Å²) in [5, 5.41) is 7.17. The molecule has 0 aliphatic carbocycles. The van der Waals surface area contributed by atoms with E-state index in [1.54, 1.807) is 7.11 Å². The van der Waals surface area contributed by atoms with Crippen LogP contribution in [0, 0.1) is 5.92 Å². The van der Waals surface area contributed by atoms with Crippen molar-refractivity contribution in [2.75, 3.05) is 25.5 Å². The first-order valence-corrected chi connectivity index (χ1v) is 8.76. The highest BCUT2D eigenvalue weighted by Gasteiger charge is 2.23. The zero-order valence-electron chi connectivity index (χ0n) is 14.4. The molecule has 0 radical (unpaired) electrons. The number of piperidine rings is 1. The Labute approximate surface area is 152 Å². The number of thiocarbonyl (C=S) groups is 1. The predicted molar refractivity (Wildman–Crippen MR) is 102 cm³/mol. The van der Waals surface area contributed by atoms with Gasteiger partial charge in [0.25, 0.3) is 0 Å². The van der Waals surface area contributed by atoms with Gasteiger partial charge in [0.05, 0.1) is 18.7 Å². The van der Waals surface area contributed by atoms with Gasteiger partial charge in [-0.25, -0.2) is 9.97 Å². The summed E-state index contributed by atoms with van der Waals surface area (Å²) in [5.41, 5.74) is 6.30. The van der Waals surface area contributed by atoms with Gasteiger partial charge in [0.2, 0.25) is 0 Å². The highest BCUT2D eigenvalue weighted by molar-refractivity contribution is 7.80. The van der Waals surface area contributed by atoms with Gasteiger partial charge in [-0.05, 0) is 57.1 Å². The number of ether oxygens (including phenoxy) is 2. The predicted octanol–water partition coefficient (Wildman–Crippen LogP) is 2.06. The molecule has 1 fully saturated rings. The fourth-order valence-corrected chi connectivity index (χ4v) is 3.24. The van der Waals surface area contributed by atoms with Crippen molar-refractivity contribution in [3.8, 4) is 11.5 Å². The first kappa shape index (κ1) is 17.6. The third-order valence-corrected chi connectivity index (χ3v) is 4.62. The fraction of sp³-hybridized carbons (Fsp3) is 0.471. The summed E-state index contributed by atoms with van der Waals surface area (Å²) in [7, 11) is 1.62. The molecule has 0 bridgehead atoms. The molecule has 1 aromatic heterocycles. The summed E-state index contributed by atoms with van der Waals surface area (Å²) < 4.78 is 11.7. The van der Waals surface area contributed by atoms with Crippen LogP contribution in [-0.2, 0) is 0 Å². The van der Waals surface area contributed by atoms with Gasteiger partial charge in [0.15, 0.2) is 16.6 Å². The molecule has 2 aromatic rings. The smallest absolute Gasteiger partial charge is 0.169 e. The second kappa shape index (κ2) is 7.79. The first-order chi connectivity index (χ1) is 12.1. The van der Waals surface area contributed by atoms with Gasteiger partial charge in [-0.1, -0.05) is 0 Å². The molecule has 0 saturated carbocycles. The van der Waals surface area contributed by atoms with Crippen LogP contribution in [0.5, 0.6) is 11.5 Å². The van der Waals surface area contributed by atoms with Gasteiger partial charge in [-0.2, -0.15) is 0 Å². The quantitative estimate of drug-likeness (QED) is 0.697. The number of methoxy groups -OCH3 is 1. The number of rotatable bonds is 5. The first-order valence-electron chi connectivity index (χ1n) is 8.35. The maximum Gasteiger partial charge on any atom is 0.169 e. The van der Waals surface area contributed by atoms with E-state index in [2.05, 4.69) is 27.5 Å².